The van der Waals surface area contributed by atoms with Crippen LogP contribution in [-0.2, 0) is 9.47 Å². The standard InChI is InChI=1S/C11H19NO2/c1-11(2)9-10(3-6-14-11)12-4-7-13-8-5-12/h3,6,10H,4-5,7-9H2,1-2H3. The fourth-order valence-corrected chi connectivity index (χ4v) is 2.09. The summed E-state index contributed by atoms with van der Waals surface area (Å²) in [5.74, 6) is 0. The summed E-state index contributed by atoms with van der Waals surface area (Å²) in [6.45, 7) is 8.11. The molecule has 0 amide bonds. The highest BCUT2D eigenvalue weighted by atomic mass is 16.5. The molecule has 0 aromatic heterocycles. The molecule has 80 valence electrons. The average Bonchev–Trinajstić information content (AvgIpc) is 2.18. The molecular formula is C11H19NO2. The van der Waals surface area contributed by atoms with E-state index < -0.39 is 0 Å². The van der Waals surface area contributed by atoms with Gasteiger partial charge < -0.3 is 9.47 Å². The van der Waals surface area contributed by atoms with Crippen LogP contribution in [0.2, 0.25) is 0 Å². The fraction of sp³-hybridized carbons (Fsp3) is 0.818. The van der Waals surface area contributed by atoms with Gasteiger partial charge in [0.15, 0.2) is 0 Å². The Bertz CT molecular complexity index is 219. The minimum atomic E-state index is -0.0161. The highest BCUT2D eigenvalue weighted by Gasteiger charge is 2.30. The van der Waals surface area contributed by atoms with Gasteiger partial charge >= 0.3 is 0 Å². The van der Waals surface area contributed by atoms with E-state index in [0.29, 0.717) is 6.04 Å². The third-order valence-corrected chi connectivity index (χ3v) is 2.90. The van der Waals surface area contributed by atoms with Gasteiger partial charge in [-0.2, -0.15) is 0 Å². The largest absolute Gasteiger partial charge is 0.496 e. The van der Waals surface area contributed by atoms with E-state index in [0.717, 1.165) is 32.7 Å². The summed E-state index contributed by atoms with van der Waals surface area (Å²) < 4.78 is 10.9. The topological polar surface area (TPSA) is 21.7 Å². The molecular weight excluding hydrogens is 178 g/mol. The van der Waals surface area contributed by atoms with Crippen LogP contribution in [0, 0.1) is 0 Å². The van der Waals surface area contributed by atoms with Crippen molar-refractivity contribution in [2.75, 3.05) is 26.3 Å². The van der Waals surface area contributed by atoms with Gasteiger partial charge in [-0.05, 0) is 19.9 Å². The first-order valence-corrected chi connectivity index (χ1v) is 5.34. The molecule has 3 nitrogen and oxygen atoms in total. The van der Waals surface area contributed by atoms with Gasteiger partial charge in [0.25, 0.3) is 0 Å². The van der Waals surface area contributed by atoms with E-state index in [2.05, 4.69) is 24.8 Å². The van der Waals surface area contributed by atoms with E-state index in [1.807, 2.05) is 6.26 Å². The Morgan fingerprint density at radius 3 is 2.64 bits per heavy atom. The van der Waals surface area contributed by atoms with Gasteiger partial charge in [0.05, 0.1) is 19.5 Å². The number of ether oxygens (including phenoxy) is 2. The molecule has 2 rings (SSSR count). The van der Waals surface area contributed by atoms with Gasteiger partial charge in [0.1, 0.15) is 5.60 Å². The van der Waals surface area contributed by atoms with Crippen LogP contribution in [0.1, 0.15) is 20.3 Å². The molecule has 2 heterocycles. The molecule has 3 heteroatoms. The van der Waals surface area contributed by atoms with Crippen molar-refractivity contribution in [1.82, 2.24) is 4.90 Å². The van der Waals surface area contributed by atoms with Crippen LogP contribution in [0.15, 0.2) is 12.3 Å². The Kier molecular flexibility index (Phi) is 2.79. The van der Waals surface area contributed by atoms with Crippen LogP contribution in [0.25, 0.3) is 0 Å². The molecule has 14 heavy (non-hydrogen) atoms. The minimum absolute atomic E-state index is 0.0161. The molecule has 1 saturated heterocycles. The third-order valence-electron chi connectivity index (χ3n) is 2.90. The SMILES string of the molecule is CC1(C)CC(N2CCOCC2)C=CO1. The summed E-state index contributed by atoms with van der Waals surface area (Å²) in [5, 5.41) is 0. The molecule has 0 aromatic carbocycles. The lowest BCUT2D eigenvalue weighted by Gasteiger charge is -2.39. The molecule has 0 N–H and O–H groups in total. The zero-order valence-corrected chi connectivity index (χ0v) is 9.03. The zero-order valence-electron chi connectivity index (χ0n) is 9.03. The van der Waals surface area contributed by atoms with Gasteiger partial charge in [-0.25, -0.2) is 0 Å². The van der Waals surface area contributed by atoms with Crippen molar-refractivity contribution < 1.29 is 9.47 Å². The monoisotopic (exact) mass is 197 g/mol. The quantitative estimate of drug-likeness (QED) is 0.634. The van der Waals surface area contributed by atoms with Crippen molar-refractivity contribution in [3.63, 3.8) is 0 Å². The Morgan fingerprint density at radius 2 is 2.00 bits per heavy atom. The van der Waals surface area contributed by atoms with Gasteiger partial charge in [-0.1, -0.05) is 0 Å². The number of nitrogens with zero attached hydrogens (tertiary/aromatic N) is 1. The molecule has 0 spiro atoms. The molecule has 0 bridgehead atoms. The second-order valence-corrected chi connectivity index (χ2v) is 4.63. The molecule has 0 aromatic rings. The zero-order chi connectivity index (χ0) is 10.0. The molecule has 0 aliphatic carbocycles. The van der Waals surface area contributed by atoms with Crippen molar-refractivity contribution in [2.24, 2.45) is 0 Å². The first-order chi connectivity index (χ1) is 6.67. The van der Waals surface area contributed by atoms with Crippen molar-refractivity contribution in [3.8, 4) is 0 Å². The van der Waals surface area contributed by atoms with E-state index in [1.54, 1.807) is 0 Å². The van der Waals surface area contributed by atoms with Crippen molar-refractivity contribution >= 4 is 0 Å². The lowest BCUT2D eigenvalue weighted by Crippen LogP contribution is -2.47. The van der Waals surface area contributed by atoms with Crippen molar-refractivity contribution in [2.45, 2.75) is 31.9 Å². The van der Waals surface area contributed by atoms with Crippen molar-refractivity contribution in [1.29, 1.82) is 0 Å². The smallest absolute Gasteiger partial charge is 0.104 e. The molecule has 0 saturated carbocycles. The van der Waals surface area contributed by atoms with Crippen molar-refractivity contribution in [3.05, 3.63) is 12.3 Å². The molecule has 1 atom stereocenters. The normalized spacial score (nSPS) is 32.6. The van der Waals surface area contributed by atoms with Gasteiger partial charge in [0, 0.05) is 25.6 Å². The number of hydrogen-bond acceptors (Lipinski definition) is 3. The maximum Gasteiger partial charge on any atom is 0.104 e. The first kappa shape index (κ1) is 9.99. The summed E-state index contributed by atoms with van der Waals surface area (Å²) in [6.07, 6.45) is 5.09. The van der Waals surface area contributed by atoms with Crippen LogP contribution in [0.4, 0.5) is 0 Å². The van der Waals surface area contributed by atoms with Gasteiger partial charge in [0.2, 0.25) is 0 Å². The lowest BCUT2D eigenvalue weighted by atomic mass is 9.95. The summed E-state index contributed by atoms with van der Waals surface area (Å²) in [4.78, 5) is 2.48. The van der Waals surface area contributed by atoms with E-state index >= 15 is 0 Å². The van der Waals surface area contributed by atoms with E-state index in [9.17, 15) is 0 Å². The molecule has 1 fully saturated rings. The maximum atomic E-state index is 5.55. The highest BCUT2D eigenvalue weighted by molar-refractivity contribution is 5.00. The van der Waals surface area contributed by atoms with E-state index in [1.165, 1.54) is 0 Å². The molecule has 0 radical (unpaired) electrons. The van der Waals surface area contributed by atoms with E-state index in [-0.39, 0.29) is 5.60 Å². The second kappa shape index (κ2) is 3.91. The van der Waals surface area contributed by atoms with E-state index in [4.69, 9.17) is 9.47 Å². The van der Waals surface area contributed by atoms with Crippen LogP contribution < -0.4 is 0 Å². The Morgan fingerprint density at radius 1 is 1.29 bits per heavy atom. The number of morpholine rings is 1. The summed E-state index contributed by atoms with van der Waals surface area (Å²) in [6, 6.07) is 0.530. The van der Waals surface area contributed by atoms with Crippen LogP contribution in [-0.4, -0.2) is 42.8 Å². The maximum absolute atomic E-state index is 5.55. The highest BCUT2D eigenvalue weighted by Crippen LogP contribution is 2.25. The number of rotatable bonds is 1. The van der Waals surface area contributed by atoms with Crippen LogP contribution >= 0.6 is 0 Å². The Balaban J connectivity index is 1.96. The minimum Gasteiger partial charge on any atom is -0.496 e. The first-order valence-electron chi connectivity index (χ1n) is 5.34. The lowest BCUT2D eigenvalue weighted by molar-refractivity contribution is -0.0210. The Labute approximate surface area is 85.7 Å². The average molecular weight is 197 g/mol. The summed E-state index contributed by atoms with van der Waals surface area (Å²) in [7, 11) is 0. The molecule has 1 unspecified atom stereocenters. The third kappa shape index (κ3) is 2.28. The number of hydrogen-bond donors (Lipinski definition) is 0. The second-order valence-electron chi connectivity index (χ2n) is 4.63. The fourth-order valence-electron chi connectivity index (χ4n) is 2.09. The van der Waals surface area contributed by atoms with Crippen LogP contribution in [0.3, 0.4) is 0 Å². The summed E-state index contributed by atoms with van der Waals surface area (Å²) >= 11 is 0. The molecule has 2 aliphatic rings. The van der Waals surface area contributed by atoms with Crippen LogP contribution in [0.5, 0.6) is 0 Å². The Hall–Kier alpha value is -0.540. The van der Waals surface area contributed by atoms with Gasteiger partial charge in [-0.15, -0.1) is 0 Å². The summed E-state index contributed by atoms with van der Waals surface area (Å²) in [5.41, 5.74) is -0.0161. The van der Waals surface area contributed by atoms with Gasteiger partial charge in [-0.3, -0.25) is 4.90 Å². The predicted molar refractivity (Wildman–Crippen MR) is 55.1 cm³/mol. The predicted octanol–water partition coefficient (Wildman–Crippen LogP) is 1.40. The molecule has 2 aliphatic heterocycles.